The molecule has 2 aliphatic rings. The van der Waals surface area contributed by atoms with Crippen LogP contribution in [0.1, 0.15) is 57.4 Å². The summed E-state index contributed by atoms with van der Waals surface area (Å²) in [7, 11) is -2.03. The molecule has 1 atom stereocenters. The molecule has 2 aromatic rings. The van der Waals surface area contributed by atoms with Gasteiger partial charge in [0.15, 0.2) is 11.5 Å². The Morgan fingerprint density at radius 2 is 1.77 bits per heavy atom. The topological polar surface area (TPSA) is 114 Å². The highest BCUT2D eigenvalue weighted by atomic mass is 32.2. The number of nitrogens with zero attached hydrogens (tertiary/aromatic N) is 2. The number of amides is 2. The summed E-state index contributed by atoms with van der Waals surface area (Å²) >= 11 is 0. The quantitative estimate of drug-likeness (QED) is 0.387. The van der Waals surface area contributed by atoms with E-state index < -0.39 is 16.1 Å². The Morgan fingerprint density at radius 1 is 1.07 bits per heavy atom. The van der Waals surface area contributed by atoms with Gasteiger partial charge in [0.05, 0.1) is 19.1 Å². The van der Waals surface area contributed by atoms with E-state index in [1.54, 1.807) is 30.2 Å². The van der Waals surface area contributed by atoms with Gasteiger partial charge in [0.1, 0.15) is 11.8 Å². The standard InChI is InChI=1S/C29H39N3O7S/c1-4-25(29(34)30-22-8-5-6-9-22)31(19-21-11-14-24(37-2)15-12-21)28(33)10-7-17-32(40(3,35)36)23-13-16-26-27(18-23)39-20-38-26/h11-16,18,22,25H,4-10,17,19-20H2,1-3H3,(H,30,34). The molecule has 11 heteroatoms. The first-order valence-corrected chi connectivity index (χ1v) is 15.6. The largest absolute Gasteiger partial charge is 0.497 e. The average molecular weight is 574 g/mol. The van der Waals surface area contributed by atoms with E-state index in [0.717, 1.165) is 37.5 Å². The van der Waals surface area contributed by atoms with Gasteiger partial charge in [0.2, 0.25) is 28.6 Å². The summed E-state index contributed by atoms with van der Waals surface area (Å²) in [5.41, 5.74) is 1.32. The number of fused-ring (bicyclic) bond motifs is 1. The molecule has 10 nitrogen and oxygen atoms in total. The molecule has 0 bridgehead atoms. The van der Waals surface area contributed by atoms with E-state index in [9.17, 15) is 18.0 Å². The van der Waals surface area contributed by atoms with Gasteiger partial charge in [-0.2, -0.15) is 0 Å². The van der Waals surface area contributed by atoms with Crippen molar-refractivity contribution in [2.45, 2.75) is 70.5 Å². The summed E-state index contributed by atoms with van der Waals surface area (Å²) in [4.78, 5) is 28.6. The summed E-state index contributed by atoms with van der Waals surface area (Å²) in [6.07, 6.45) is 6.06. The first-order chi connectivity index (χ1) is 19.2. The number of hydrogen-bond donors (Lipinski definition) is 1. The zero-order valence-electron chi connectivity index (χ0n) is 23.4. The Kier molecular flexibility index (Phi) is 9.78. The molecule has 0 radical (unpaired) electrons. The van der Waals surface area contributed by atoms with Gasteiger partial charge in [-0.1, -0.05) is 31.9 Å². The molecule has 4 rings (SSSR count). The Morgan fingerprint density at radius 3 is 2.42 bits per heavy atom. The minimum atomic E-state index is -3.62. The summed E-state index contributed by atoms with van der Waals surface area (Å²) in [6, 6.07) is 11.9. The lowest BCUT2D eigenvalue weighted by Gasteiger charge is -2.32. The van der Waals surface area contributed by atoms with Crippen LogP contribution in [-0.2, 0) is 26.2 Å². The second kappa shape index (κ2) is 13.3. The molecule has 1 aliphatic carbocycles. The molecule has 1 aliphatic heterocycles. The van der Waals surface area contributed by atoms with Crippen LogP contribution in [0.2, 0.25) is 0 Å². The zero-order chi connectivity index (χ0) is 28.7. The predicted molar refractivity (Wildman–Crippen MR) is 152 cm³/mol. The van der Waals surface area contributed by atoms with Crippen LogP contribution in [0, 0.1) is 0 Å². The Labute approximate surface area is 236 Å². The number of methoxy groups -OCH3 is 1. The zero-order valence-corrected chi connectivity index (χ0v) is 24.2. The summed E-state index contributed by atoms with van der Waals surface area (Å²) < 4.78 is 42.5. The first kappa shape index (κ1) is 29.5. The smallest absolute Gasteiger partial charge is 0.243 e. The fourth-order valence-electron chi connectivity index (χ4n) is 5.26. The molecule has 0 spiro atoms. The van der Waals surface area contributed by atoms with Crippen molar-refractivity contribution in [1.29, 1.82) is 0 Å². The van der Waals surface area contributed by atoms with E-state index in [-0.39, 0.29) is 50.6 Å². The van der Waals surface area contributed by atoms with E-state index in [1.165, 1.54) is 4.31 Å². The van der Waals surface area contributed by atoms with Gasteiger partial charge in [-0.15, -0.1) is 0 Å². The normalized spacial score (nSPS) is 15.5. The molecule has 1 fully saturated rings. The van der Waals surface area contributed by atoms with Crippen LogP contribution in [0.4, 0.5) is 5.69 Å². The Bertz CT molecular complexity index is 1280. The van der Waals surface area contributed by atoms with Gasteiger partial charge in [-0.25, -0.2) is 8.42 Å². The van der Waals surface area contributed by atoms with Crippen LogP contribution < -0.4 is 23.8 Å². The molecule has 1 saturated carbocycles. The van der Waals surface area contributed by atoms with Gasteiger partial charge in [-0.3, -0.25) is 13.9 Å². The number of carbonyl (C=O) groups excluding carboxylic acids is 2. The van der Waals surface area contributed by atoms with Crippen LogP contribution in [0.5, 0.6) is 17.2 Å². The first-order valence-electron chi connectivity index (χ1n) is 13.8. The summed E-state index contributed by atoms with van der Waals surface area (Å²) in [6.45, 7) is 2.35. The van der Waals surface area contributed by atoms with E-state index in [0.29, 0.717) is 29.4 Å². The highest BCUT2D eigenvalue weighted by molar-refractivity contribution is 7.92. The van der Waals surface area contributed by atoms with Crippen molar-refractivity contribution in [1.82, 2.24) is 10.2 Å². The number of carbonyl (C=O) groups is 2. The van der Waals surface area contributed by atoms with Gasteiger partial charge < -0.3 is 24.4 Å². The summed E-state index contributed by atoms with van der Waals surface area (Å²) in [5.74, 6) is 1.39. The van der Waals surface area contributed by atoms with Crippen LogP contribution in [0.25, 0.3) is 0 Å². The molecule has 2 amide bonds. The second-order valence-corrected chi connectivity index (χ2v) is 12.2. The van der Waals surface area contributed by atoms with Crippen molar-refractivity contribution >= 4 is 27.5 Å². The number of nitrogens with one attached hydrogen (secondary N) is 1. The maximum Gasteiger partial charge on any atom is 0.243 e. The monoisotopic (exact) mass is 573 g/mol. The Balaban J connectivity index is 1.48. The molecule has 1 N–H and O–H groups in total. The van der Waals surface area contributed by atoms with E-state index in [4.69, 9.17) is 14.2 Å². The SMILES string of the molecule is CCC(C(=O)NC1CCCC1)N(Cc1ccc(OC)cc1)C(=O)CCCN(c1ccc2c(c1)OCO2)S(C)(=O)=O. The van der Waals surface area contributed by atoms with Gasteiger partial charge in [-0.05, 0) is 55.5 Å². The lowest BCUT2D eigenvalue weighted by atomic mass is 10.1. The lowest BCUT2D eigenvalue weighted by Crippen LogP contribution is -2.51. The maximum atomic E-state index is 13.7. The lowest BCUT2D eigenvalue weighted by molar-refractivity contribution is -0.141. The third-order valence-electron chi connectivity index (χ3n) is 7.40. The molecule has 218 valence electrons. The molecule has 1 heterocycles. The van der Waals surface area contributed by atoms with Crippen molar-refractivity contribution in [2.24, 2.45) is 0 Å². The highest BCUT2D eigenvalue weighted by Crippen LogP contribution is 2.36. The molecular weight excluding hydrogens is 534 g/mol. The minimum absolute atomic E-state index is 0.0833. The second-order valence-electron chi connectivity index (χ2n) is 10.3. The Hall–Kier alpha value is -3.47. The van der Waals surface area contributed by atoms with Crippen LogP contribution in [0.15, 0.2) is 42.5 Å². The molecule has 1 unspecified atom stereocenters. The minimum Gasteiger partial charge on any atom is -0.497 e. The fraction of sp³-hybridized carbons (Fsp3) is 0.517. The highest BCUT2D eigenvalue weighted by Gasteiger charge is 2.31. The number of anilines is 1. The third kappa shape index (κ3) is 7.38. The van der Waals surface area contributed by atoms with Crippen molar-refractivity contribution in [3.8, 4) is 17.2 Å². The predicted octanol–water partition coefficient (Wildman–Crippen LogP) is 3.84. The average Bonchev–Trinajstić information content (AvgIpc) is 3.62. The van der Waals surface area contributed by atoms with Crippen LogP contribution >= 0.6 is 0 Å². The van der Waals surface area contributed by atoms with Gasteiger partial charge in [0.25, 0.3) is 0 Å². The van der Waals surface area contributed by atoms with Crippen molar-refractivity contribution in [3.05, 3.63) is 48.0 Å². The molecule has 40 heavy (non-hydrogen) atoms. The summed E-state index contributed by atoms with van der Waals surface area (Å²) in [5, 5.41) is 3.14. The van der Waals surface area contributed by atoms with E-state index in [1.807, 2.05) is 31.2 Å². The van der Waals surface area contributed by atoms with Gasteiger partial charge >= 0.3 is 0 Å². The van der Waals surface area contributed by atoms with Crippen molar-refractivity contribution in [2.75, 3.05) is 31.0 Å². The van der Waals surface area contributed by atoms with Crippen LogP contribution in [0.3, 0.4) is 0 Å². The van der Waals surface area contributed by atoms with Crippen molar-refractivity contribution < 1.29 is 32.2 Å². The molecule has 2 aromatic carbocycles. The van der Waals surface area contributed by atoms with Crippen LogP contribution in [-0.4, -0.2) is 63.9 Å². The maximum absolute atomic E-state index is 13.7. The van der Waals surface area contributed by atoms with E-state index in [2.05, 4.69) is 5.32 Å². The van der Waals surface area contributed by atoms with Gasteiger partial charge in [0, 0.05) is 31.6 Å². The number of ether oxygens (including phenoxy) is 3. The third-order valence-corrected chi connectivity index (χ3v) is 8.59. The fourth-order valence-corrected chi connectivity index (χ4v) is 6.22. The molecular formula is C29H39N3O7S. The number of sulfonamides is 1. The molecule has 0 aromatic heterocycles. The molecule has 0 saturated heterocycles. The van der Waals surface area contributed by atoms with Crippen molar-refractivity contribution in [3.63, 3.8) is 0 Å². The van der Waals surface area contributed by atoms with E-state index >= 15 is 0 Å². The number of hydrogen-bond acceptors (Lipinski definition) is 7. The number of benzene rings is 2. The number of rotatable bonds is 13.